The Morgan fingerprint density at radius 3 is 1.56 bits per heavy atom. The Balaban J connectivity index is 3.10. The van der Waals surface area contributed by atoms with Gasteiger partial charge in [-0.25, -0.2) is 0 Å². The summed E-state index contributed by atoms with van der Waals surface area (Å²) in [4.78, 5) is 0. The lowest BCUT2D eigenvalue weighted by atomic mass is 10.0. The molecule has 0 aromatic carbocycles. The van der Waals surface area contributed by atoms with E-state index in [0.29, 0.717) is 0 Å². The second kappa shape index (κ2) is 14.9. The van der Waals surface area contributed by atoms with Crippen LogP contribution in [0.5, 0.6) is 0 Å². The fourth-order valence-electron chi connectivity index (χ4n) is 1.95. The maximum atomic E-state index is 9.79. The average Bonchev–Trinajstić information content (AvgIpc) is 2.38. The fraction of sp³-hybridized carbons (Fsp3) is 1.00. The number of unbranched alkanes of at least 4 members (excludes halogenated alkanes) is 4. The third-order valence-corrected chi connectivity index (χ3v) is 3.06. The second-order valence-electron chi connectivity index (χ2n) is 4.75. The molecule has 0 fully saturated rings. The predicted octanol–water partition coefficient (Wildman–Crippen LogP) is 3.54. The van der Waals surface area contributed by atoms with E-state index in [1.54, 1.807) is 0 Å². The molecule has 3 heteroatoms. The van der Waals surface area contributed by atoms with Crippen LogP contribution in [-0.4, -0.2) is 37.6 Å². The van der Waals surface area contributed by atoms with Gasteiger partial charge < -0.3 is 14.6 Å². The number of aliphatic hydroxyl groups is 1. The molecule has 0 bridgehead atoms. The lowest BCUT2D eigenvalue weighted by molar-refractivity contribution is 0.128. The second-order valence-corrected chi connectivity index (χ2v) is 4.75. The van der Waals surface area contributed by atoms with Crippen molar-refractivity contribution in [3.8, 4) is 0 Å². The van der Waals surface area contributed by atoms with E-state index >= 15 is 0 Å². The molecule has 0 amide bonds. The summed E-state index contributed by atoms with van der Waals surface area (Å²) in [6, 6.07) is 0. The van der Waals surface area contributed by atoms with Gasteiger partial charge in [0.15, 0.2) is 0 Å². The molecule has 0 radical (unpaired) electrons. The van der Waals surface area contributed by atoms with Gasteiger partial charge in [-0.2, -0.15) is 0 Å². The average molecular weight is 260 g/mol. The van der Waals surface area contributed by atoms with Crippen molar-refractivity contribution in [2.45, 2.75) is 71.3 Å². The highest BCUT2D eigenvalue weighted by Crippen LogP contribution is 2.10. The molecule has 0 aliphatic carbocycles. The van der Waals surface area contributed by atoms with Crippen molar-refractivity contribution in [3.05, 3.63) is 0 Å². The highest BCUT2D eigenvalue weighted by molar-refractivity contribution is 4.57. The van der Waals surface area contributed by atoms with E-state index < -0.39 is 0 Å². The van der Waals surface area contributed by atoms with Crippen LogP contribution < -0.4 is 0 Å². The first-order valence-electron chi connectivity index (χ1n) is 7.64. The Hall–Kier alpha value is -0.120. The number of hydrogen-bond acceptors (Lipinski definition) is 3. The van der Waals surface area contributed by atoms with Crippen LogP contribution in [0.1, 0.15) is 65.2 Å². The van der Waals surface area contributed by atoms with Crippen molar-refractivity contribution >= 4 is 0 Å². The van der Waals surface area contributed by atoms with Crippen molar-refractivity contribution in [2.24, 2.45) is 0 Å². The molecule has 18 heavy (non-hydrogen) atoms. The number of ether oxygens (including phenoxy) is 2. The first-order valence-corrected chi connectivity index (χ1v) is 7.64. The summed E-state index contributed by atoms with van der Waals surface area (Å²) >= 11 is 0. The molecule has 0 spiro atoms. The van der Waals surface area contributed by atoms with Gasteiger partial charge in [0, 0.05) is 26.4 Å². The van der Waals surface area contributed by atoms with Crippen LogP contribution in [0.15, 0.2) is 0 Å². The Bertz CT molecular complexity index is 135. The molecule has 0 aliphatic heterocycles. The SMILES string of the molecule is CCOCCCCCC(O)CCCCCOCC. The first-order chi connectivity index (χ1) is 8.81. The molecule has 1 N–H and O–H groups in total. The topological polar surface area (TPSA) is 38.7 Å². The quantitative estimate of drug-likeness (QED) is 0.485. The molecule has 0 aliphatic rings. The van der Waals surface area contributed by atoms with Crippen LogP contribution >= 0.6 is 0 Å². The Morgan fingerprint density at radius 1 is 0.722 bits per heavy atom. The van der Waals surface area contributed by atoms with Crippen LogP contribution in [0, 0.1) is 0 Å². The van der Waals surface area contributed by atoms with Gasteiger partial charge in [-0.1, -0.05) is 25.7 Å². The zero-order valence-corrected chi connectivity index (χ0v) is 12.3. The van der Waals surface area contributed by atoms with E-state index in [9.17, 15) is 5.11 Å². The largest absolute Gasteiger partial charge is 0.393 e. The van der Waals surface area contributed by atoms with Crippen molar-refractivity contribution in [1.29, 1.82) is 0 Å². The van der Waals surface area contributed by atoms with Gasteiger partial charge in [0.2, 0.25) is 0 Å². The standard InChI is InChI=1S/C15H32O3/c1-3-17-13-9-5-7-11-15(16)12-8-6-10-14-18-4-2/h15-16H,3-14H2,1-2H3. The zero-order chi connectivity index (χ0) is 13.5. The van der Waals surface area contributed by atoms with Gasteiger partial charge in [-0.05, 0) is 39.5 Å². The van der Waals surface area contributed by atoms with Crippen LogP contribution in [0.2, 0.25) is 0 Å². The predicted molar refractivity (Wildman–Crippen MR) is 75.9 cm³/mol. The van der Waals surface area contributed by atoms with Crippen molar-refractivity contribution in [3.63, 3.8) is 0 Å². The summed E-state index contributed by atoms with van der Waals surface area (Å²) in [6.45, 7) is 7.40. The van der Waals surface area contributed by atoms with E-state index in [-0.39, 0.29) is 6.10 Å². The number of aliphatic hydroxyl groups excluding tert-OH is 1. The fourth-order valence-corrected chi connectivity index (χ4v) is 1.95. The van der Waals surface area contributed by atoms with Crippen molar-refractivity contribution in [1.82, 2.24) is 0 Å². The van der Waals surface area contributed by atoms with E-state index in [1.165, 1.54) is 12.8 Å². The summed E-state index contributed by atoms with van der Waals surface area (Å²) in [5.74, 6) is 0. The highest BCUT2D eigenvalue weighted by Gasteiger charge is 2.03. The molecule has 0 aromatic heterocycles. The normalized spacial score (nSPS) is 11.3. The first kappa shape index (κ1) is 17.9. The number of hydrogen-bond donors (Lipinski definition) is 1. The van der Waals surface area contributed by atoms with E-state index in [4.69, 9.17) is 9.47 Å². The number of rotatable bonds is 14. The summed E-state index contributed by atoms with van der Waals surface area (Å²) < 4.78 is 10.6. The molecule has 0 saturated carbocycles. The zero-order valence-electron chi connectivity index (χ0n) is 12.3. The van der Waals surface area contributed by atoms with E-state index in [1.807, 2.05) is 13.8 Å². The lowest BCUT2D eigenvalue weighted by Gasteiger charge is -2.10. The summed E-state index contributed by atoms with van der Waals surface area (Å²) in [7, 11) is 0. The van der Waals surface area contributed by atoms with Crippen molar-refractivity contribution < 1.29 is 14.6 Å². The smallest absolute Gasteiger partial charge is 0.0540 e. The van der Waals surface area contributed by atoms with Gasteiger partial charge in [-0.15, -0.1) is 0 Å². The third-order valence-electron chi connectivity index (χ3n) is 3.06. The summed E-state index contributed by atoms with van der Waals surface area (Å²) in [6.07, 6.45) is 8.59. The monoisotopic (exact) mass is 260 g/mol. The van der Waals surface area contributed by atoms with Crippen LogP contribution in [0.25, 0.3) is 0 Å². The van der Waals surface area contributed by atoms with Gasteiger partial charge in [-0.3, -0.25) is 0 Å². The molecule has 110 valence electrons. The van der Waals surface area contributed by atoms with Gasteiger partial charge in [0.05, 0.1) is 6.10 Å². The Labute approximate surface area is 113 Å². The molecule has 0 saturated heterocycles. The van der Waals surface area contributed by atoms with Crippen LogP contribution in [-0.2, 0) is 9.47 Å². The summed E-state index contributed by atoms with van der Waals surface area (Å²) in [5, 5.41) is 9.79. The molecule has 0 aromatic rings. The van der Waals surface area contributed by atoms with Crippen molar-refractivity contribution in [2.75, 3.05) is 26.4 Å². The van der Waals surface area contributed by atoms with Gasteiger partial charge in [0.1, 0.15) is 0 Å². The van der Waals surface area contributed by atoms with E-state index in [2.05, 4.69) is 0 Å². The van der Waals surface area contributed by atoms with Crippen LogP contribution in [0.3, 0.4) is 0 Å². The molecular weight excluding hydrogens is 228 g/mol. The highest BCUT2D eigenvalue weighted by atomic mass is 16.5. The molecule has 0 atom stereocenters. The third kappa shape index (κ3) is 13.9. The lowest BCUT2D eigenvalue weighted by Crippen LogP contribution is -2.06. The van der Waals surface area contributed by atoms with E-state index in [0.717, 1.165) is 65.0 Å². The van der Waals surface area contributed by atoms with Crippen LogP contribution in [0.4, 0.5) is 0 Å². The molecular formula is C15H32O3. The minimum atomic E-state index is -0.107. The summed E-state index contributed by atoms with van der Waals surface area (Å²) in [5.41, 5.74) is 0. The molecule has 0 unspecified atom stereocenters. The minimum absolute atomic E-state index is 0.107. The Morgan fingerprint density at radius 2 is 1.17 bits per heavy atom. The molecule has 0 rings (SSSR count). The maximum Gasteiger partial charge on any atom is 0.0540 e. The maximum absolute atomic E-state index is 9.79. The molecule has 3 nitrogen and oxygen atoms in total. The molecule has 0 heterocycles. The van der Waals surface area contributed by atoms with Gasteiger partial charge >= 0.3 is 0 Å². The van der Waals surface area contributed by atoms with Gasteiger partial charge in [0.25, 0.3) is 0 Å². The minimum Gasteiger partial charge on any atom is -0.393 e. The Kier molecular flexibility index (Phi) is 14.8.